The summed E-state index contributed by atoms with van der Waals surface area (Å²) in [5.74, 6) is 0.325. The Morgan fingerprint density at radius 2 is 1.50 bits per heavy atom. The Hall–Kier alpha value is -2.11. The zero-order valence-electron chi connectivity index (χ0n) is 15.9. The van der Waals surface area contributed by atoms with Crippen LogP contribution in [-0.2, 0) is 19.1 Å². The van der Waals surface area contributed by atoms with E-state index >= 15 is 0 Å². The van der Waals surface area contributed by atoms with Crippen LogP contribution in [0.3, 0.4) is 0 Å². The number of aliphatic hydroxyl groups is 1. The molecule has 0 atom stereocenters. The molecular formula is C17H24N4O5S2. The number of nitrogens with one attached hydrogen (secondary N) is 1. The van der Waals surface area contributed by atoms with Crippen LogP contribution in [0.5, 0.6) is 0 Å². The minimum atomic E-state index is -0.461. The van der Waals surface area contributed by atoms with Gasteiger partial charge < -0.3 is 19.9 Å². The number of aromatic nitrogens is 3. The van der Waals surface area contributed by atoms with Gasteiger partial charge in [0.25, 0.3) is 0 Å². The second kappa shape index (κ2) is 13.1. The van der Waals surface area contributed by atoms with Crippen LogP contribution in [0, 0.1) is 0 Å². The Morgan fingerprint density at radius 1 is 0.964 bits per heavy atom. The van der Waals surface area contributed by atoms with Crippen LogP contribution in [0.25, 0.3) is 0 Å². The topological polar surface area (TPSA) is 124 Å². The molecule has 0 radical (unpaired) electrons. The fourth-order valence-electron chi connectivity index (χ4n) is 1.50. The van der Waals surface area contributed by atoms with E-state index in [0.717, 1.165) is 0 Å². The van der Waals surface area contributed by atoms with Crippen molar-refractivity contribution in [2.45, 2.75) is 24.2 Å². The van der Waals surface area contributed by atoms with E-state index in [0.29, 0.717) is 45.5 Å². The first-order chi connectivity index (χ1) is 13.3. The van der Waals surface area contributed by atoms with E-state index in [4.69, 9.17) is 14.6 Å². The zero-order chi connectivity index (χ0) is 20.9. The average molecular weight is 429 g/mol. The van der Waals surface area contributed by atoms with Gasteiger partial charge >= 0.3 is 11.9 Å². The number of nitrogens with zero attached hydrogens (tertiary/aromatic N) is 3. The minimum absolute atomic E-state index is 0.00466. The first kappa shape index (κ1) is 23.9. The molecule has 0 saturated carbocycles. The van der Waals surface area contributed by atoms with Gasteiger partial charge in [0.05, 0.1) is 13.2 Å². The van der Waals surface area contributed by atoms with E-state index < -0.39 is 11.9 Å². The van der Waals surface area contributed by atoms with Crippen molar-refractivity contribution in [1.82, 2.24) is 15.0 Å². The van der Waals surface area contributed by atoms with Crippen LogP contribution < -0.4 is 5.32 Å². The van der Waals surface area contributed by atoms with Gasteiger partial charge in [-0.15, -0.1) is 0 Å². The molecule has 0 bridgehead atoms. The number of hydrogen-bond acceptors (Lipinski definition) is 11. The molecule has 0 aliphatic carbocycles. The van der Waals surface area contributed by atoms with Gasteiger partial charge in [-0.25, -0.2) is 9.59 Å². The molecule has 0 saturated heterocycles. The molecule has 11 heteroatoms. The number of ether oxygens (including phenoxy) is 2. The third-order valence-corrected chi connectivity index (χ3v) is 4.42. The minimum Gasteiger partial charge on any atom is -0.461 e. The Balaban J connectivity index is 2.61. The van der Waals surface area contributed by atoms with Gasteiger partial charge in [-0.2, -0.15) is 15.0 Å². The van der Waals surface area contributed by atoms with Crippen molar-refractivity contribution < 1.29 is 24.2 Å². The van der Waals surface area contributed by atoms with Crippen molar-refractivity contribution in [2.75, 3.05) is 43.2 Å². The van der Waals surface area contributed by atoms with Gasteiger partial charge in [-0.1, -0.05) is 36.7 Å². The van der Waals surface area contributed by atoms with Crippen molar-refractivity contribution in [2.24, 2.45) is 0 Å². The predicted molar refractivity (Wildman–Crippen MR) is 108 cm³/mol. The quantitative estimate of drug-likeness (QED) is 0.206. The highest BCUT2D eigenvalue weighted by molar-refractivity contribution is 7.99. The summed E-state index contributed by atoms with van der Waals surface area (Å²) in [4.78, 5) is 35.6. The van der Waals surface area contributed by atoms with E-state index in [1.165, 1.54) is 23.5 Å². The molecule has 28 heavy (non-hydrogen) atoms. The van der Waals surface area contributed by atoms with E-state index in [-0.39, 0.29) is 19.8 Å². The van der Waals surface area contributed by atoms with Crippen LogP contribution in [0.4, 0.5) is 5.95 Å². The average Bonchev–Trinajstić information content (AvgIpc) is 2.66. The summed E-state index contributed by atoms with van der Waals surface area (Å²) >= 11 is 2.59. The SMILES string of the molecule is C=C(C)C(=O)OCCNc1nc(SCCO)nc(SCCOC(=O)C(=C)C)n1. The van der Waals surface area contributed by atoms with Gasteiger partial charge in [0, 0.05) is 22.7 Å². The Morgan fingerprint density at radius 3 is 2.04 bits per heavy atom. The highest BCUT2D eigenvalue weighted by atomic mass is 32.2. The van der Waals surface area contributed by atoms with Crippen molar-refractivity contribution >= 4 is 41.4 Å². The molecule has 1 aromatic rings. The van der Waals surface area contributed by atoms with Crippen LogP contribution in [0.1, 0.15) is 13.8 Å². The molecule has 0 aliphatic rings. The molecule has 154 valence electrons. The first-order valence-electron chi connectivity index (χ1n) is 8.35. The number of thioether (sulfide) groups is 2. The van der Waals surface area contributed by atoms with Gasteiger partial charge in [-0.3, -0.25) is 0 Å². The molecule has 0 spiro atoms. The van der Waals surface area contributed by atoms with Gasteiger partial charge in [0.15, 0.2) is 10.3 Å². The molecule has 9 nitrogen and oxygen atoms in total. The van der Waals surface area contributed by atoms with Crippen LogP contribution in [-0.4, -0.2) is 69.9 Å². The standard InChI is InChI=1S/C17H24N4O5S2/c1-11(2)13(23)25-7-5-18-15-19-16(27-9-6-22)21-17(20-15)28-10-8-26-14(24)12(3)4/h22H,1,3,5-10H2,2,4H3,(H,18,19,20,21). The van der Waals surface area contributed by atoms with Gasteiger partial charge in [0.2, 0.25) is 5.95 Å². The number of rotatable bonds is 13. The summed E-state index contributed by atoms with van der Waals surface area (Å²) in [5.41, 5.74) is 0.667. The lowest BCUT2D eigenvalue weighted by Gasteiger charge is -2.09. The second-order valence-corrected chi connectivity index (χ2v) is 7.53. The second-order valence-electron chi connectivity index (χ2n) is 5.40. The van der Waals surface area contributed by atoms with Crippen molar-refractivity contribution in [3.05, 3.63) is 24.3 Å². The maximum atomic E-state index is 11.4. The van der Waals surface area contributed by atoms with Crippen LogP contribution in [0.15, 0.2) is 34.6 Å². The van der Waals surface area contributed by atoms with E-state index in [9.17, 15) is 9.59 Å². The molecule has 0 aliphatic heterocycles. The lowest BCUT2D eigenvalue weighted by Crippen LogP contribution is -2.16. The summed E-state index contributed by atoms with van der Waals surface area (Å²) < 4.78 is 10.0. The number of hydrogen-bond donors (Lipinski definition) is 2. The fraction of sp³-hybridized carbons (Fsp3) is 0.471. The maximum Gasteiger partial charge on any atom is 0.333 e. The predicted octanol–water partition coefficient (Wildman–Crippen LogP) is 1.70. The molecule has 0 unspecified atom stereocenters. The molecule has 2 N–H and O–H groups in total. The van der Waals surface area contributed by atoms with Gasteiger partial charge in [-0.05, 0) is 13.8 Å². The summed E-state index contributed by atoms with van der Waals surface area (Å²) in [5, 5.41) is 12.8. The largest absolute Gasteiger partial charge is 0.461 e. The lowest BCUT2D eigenvalue weighted by molar-refractivity contribution is -0.139. The van der Waals surface area contributed by atoms with Crippen molar-refractivity contribution in [1.29, 1.82) is 0 Å². The number of aliphatic hydroxyl groups excluding tert-OH is 1. The molecule has 1 aromatic heterocycles. The van der Waals surface area contributed by atoms with E-state index in [1.807, 2.05) is 0 Å². The van der Waals surface area contributed by atoms with Crippen molar-refractivity contribution in [3.63, 3.8) is 0 Å². The molecule has 1 rings (SSSR count). The maximum absolute atomic E-state index is 11.4. The summed E-state index contributed by atoms with van der Waals surface area (Å²) in [7, 11) is 0. The zero-order valence-corrected chi connectivity index (χ0v) is 17.5. The Kier molecular flexibility index (Phi) is 11.2. The number of esters is 2. The number of carbonyl (C=O) groups excluding carboxylic acids is 2. The summed E-state index contributed by atoms with van der Waals surface area (Å²) in [6.45, 7) is 10.8. The van der Waals surface area contributed by atoms with Crippen molar-refractivity contribution in [3.8, 4) is 0 Å². The lowest BCUT2D eigenvalue weighted by atomic mass is 10.4. The first-order valence-corrected chi connectivity index (χ1v) is 10.3. The number of carbonyl (C=O) groups is 2. The fourth-order valence-corrected chi connectivity index (χ4v) is 2.79. The smallest absolute Gasteiger partial charge is 0.333 e. The normalized spacial score (nSPS) is 10.2. The molecular weight excluding hydrogens is 404 g/mol. The third-order valence-electron chi connectivity index (χ3n) is 2.78. The van der Waals surface area contributed by atoms with Crippen LogP contribution in [0.2, 0.25) is 0 Å². The number of anilines is 1. The summed E-state index contributed by atoms with van der Waals surface area (Å²) in [6.07, 6.45) is 0. The summed E-state index contributed by atoms with van der Waals surface area (Å²) in [6, 6.07) is 0. The Bertz CT molecular complexity index is 663. The molecule has 0 amide bonds. The molecule has 0 aromatic carbocycles. The highest BCUT2D eigenvalue weighted by Gasteiger charge is 2.09. The monoisotopic (exact) mass is 428 g/mol. The Labute approximate surface area is 172 Å². The highest BCUT2D eigenvalue weighted by Crippen LogP contribution is 2.20. The van der Waals surface area contributed by atoms with E-state index in [1.54, 1.807) is 13.8 Å². The van der Waals surface area contributed by atoms with E-state index in [2.05, 4.69) is 33.4 Å². The molecule has 0 fully saturated rings. The van der Waals surface area contributed by atoms with Gasteiger partial charge in [0.1, 0.15) is 13.2 Å². The molecule has 1 heterocycles. The van der Waals surface area contributed by atoms with Crippen LogP contribution >= 0.6 is 23.5 Å². The third kappa shape index (κ3) is 9.72.